The number of thiazole rings is 1. The van der Waals surface area contributed by atoms with Crippen molar-refractivity contribution in [3.63, 3.8) is 0 Å². The standard InChI is InChI=1S/C34H26N2O7S/c1-40-23-11-12-25-28(18-23)44-34(35-25)36-30(21-8-5-9-24(16-21)43-19-20-6-3-2-4-7-20)29(32(38)33(36)39)31(37)22-10-13-26-27(17-22)42-15-14-41-26/h2-13,16-18,30,37H,14-15,19H2,1H3/t30-/m0/s1. The van der Waals surface area contributed by atoms with E-state index in [2.05, 4.69) is 0 Å². The fraction of sp³-hybridized carbons (Fsp3) is 0.147. The molecule has 0 aliphatic carbocycles. The van der Waals surface area contributed by atoms with Crippen LogP contribution in [0, 0.1) is 0 Å². The molecule has 1 N–H and O–H groups in total. The molecular weight excluding hydrogens is 580 g/mol. The molecule has 5 aromatic rings. The molecule has 1 atom stereocenters. The van der Waals surface area contributed by atoms with E-state index in [0.717, 1.165) is 10.3 Å². The lowest BCUT2D eigenvalue weighted by Gasteiger charge is -2.24. The minimum Gasteiger partial charge on any atom is -0.507 e. The summed E-state index contributed by atoms with van der Waals surface area (Å²) in [7, 11) is 1.58. The van der Waals surface area contributed by atoms with Crippen LogP contribution < -0.4 is 23.8 Å². The van der Waals surface area contributed by atoms with Crippen LogP contribution in [0.4, 0.5) is 5.13 Å². The number of carbonyl (C=O) groups is 2. The zero-order valence-electron chi connectivity index (χ0n) is 23.6. The van der Waals surface area contributed by atoms with Gasteiger partial charge in [0.2, 0.25) is 0 Å². The molecule has 220 valence electrons. The lowest BCUT2D eigenvalue weighted by atomic mass is 9.95. The summed E-state index contributed by atoms with van der Waals surface area (Å²) in [4.78, 5) is 33.6. The van der Waals surface area contributed by atoms with Crippen LogP contribution in [-0.2, 0) is 16.2 Å². The van der Waals surface area contributed by atoms with Crippen LogP contribution in [0.5, 0.6) is 23.0 Å². The van der Waals surface area contributed by atoms with Crippen molar-refractivity contribution in [2.75, 3.05) is 25.2 Å². The Hall–Kier alpha value is -5.35. The predicted octanol–water partition coefficient (Wildman–Crippen LogP) is 6.28. The number of benzene rings is 4. The molecule has 0 spiro atoms. The van der Waals surface area contributed by atoms with Crippen molar-refractivity contribution in [1.29, 1.82) is 0 Å². The van der Waals surface area contributed by atoms with Gasteiger partial charge in [0, 0.05) is 5.56 Å². The molecule has 1 aromatic heterocycles. The van der Waals surface area contributed by atoms with E-state index in [4.69, 9.17) is 23.9 Å². The summed E-state index contributed by atoms with van der Waals surface area (Å²) in [5, 5.41) is 12.0. The normalized spacial score (nSPS) is 17.2. The highest BCUT2D eigenvalue weighted by molar-refractivity contribution is 7.22. The van der Waals surface area contributed by atoms with Crippen molar-refractivity contribution in [3.8, 4) is 23.0 Å². The molecule has 0 unspecified atom stereocenters. The Morgan fingerprint density at radius 2 is 1.75 bits per heavy atom. The number of nitrogens with zero attached hydrogens (tertiary/aromatic N) is 2. The van der Waals surface area contributed by atoms with Gasteiger partial charge in [-0.1, -0.05) is 53.8 Å². The van der Waals surface area contributed by atoms with E-state index in [-0.39, 0.29) is 11.3 Å². The number of ketones is 1. The first-order valence-corrected chi connectivity index (χ1v) is 14.7. The molecule has 2 aliphatic heterocycles. The number of hydrogen-bond donors (Lipinski definition) is 1. The zero-order chi connectivity index (χ0) is 30.2. The lowest BCUT2D eigenvalue weighted by molar-refractivity contribution is -0.132. The number of rotatable bonds is 7. The number of aromatic nitrogens is 1. The first-order chi connectivity index (χ1) is 21.5. The molecule has 1 amide bonds. The van der Waals surface area contributed by atoms with E-state index in [0.29, 0.717) is 64.6 Å². The van der Waals surface area contributed by atoms with Crippen LogP contribution in [0.2, 0.25) is 0 Å². The van der Waals surface area contributed by atoms with Crippen LogP contribution in [0.3, 0.4) is 0 Å². The third-order valence-corrected chi connectivity index (χ3v) is 8.49. The maximum absolute atomic E-state index is 13.8. The second kappa shape index (κ2) is 11.4. The van der Waals surface area contributed by atoms with E-state index in [1.54, 1.807) is 55.6 Å². The maximum Gasteiger partial charge on any atom is 0.301 e. The summed E-state index contributed by atoms with van der Waals surface area (Å²) in [6, 6.07) is 26.3. The monoisotopic (exact) mass is 606 g/mol. The summed E-state index contributed by atoms with van der Waals surface area (Å²) in [5.74, 6) is 0.232. The Morgan fingerprint density at radius 1 is 0.932 bits per heavy atom. The fourth-order valence-corrected chi connectivity index (χ4v) is 6.35. The van der Waals surface area contributed by atoms with Gasteiger partial charge in [-0.3, -0.25) is 14.5 Å². The van der Waals surface area contributed by atoms with Crippen molar-refractivity contribution in [2.45, 2.75) is 12.6 Å². The molecule has 1 fully saturated rings. The second-order valence-corrected chi connectivity index (χ2v) is 11.2. The Bertz CT molecular complexity index is 1940. The molecular formula is C34H26N2O7S. The second-order valence-electron chi connectivity index (χ2n) is 10.2. The Labute approximate surface area is 256 Å². The first kappa shape index (κ1) is 27.5. The van der Waals surface area contributed by atoms with Crippen molar-refractivity contribution in [1.82, 2.24) is 4.98 Å². The summed E-state index contributed by atoms with van der Waals surface area (Å²) in [6.45, 7) is 1.11. The molecule has 9 nitrogen and oxygen atoms in total. The predicted molar refractivity (Wildman–Crippen MR) is 166 cm³/mol. The van der Waals surface area contributed by atoms with Crippen molar-refractivity contribution >= 4 is 44.1 Å². The zero-order valence-corrected chi connectivity index (χ0v) is 24.4. The van der Waals surface area contributed by atoms with Gasteiger partial charge in [0.05, 0.1) is 28.9 Å². The van der Waals surface area contributed by atoms with Crippen molar-refractivity contribution < 1.29 is 33.6 Å². The van der Waals surface area contributed by atoms with Crippen LogP contribution in [0.25, 0.3) is 16.0 Å². The number of hydrogen-bond acceptors (Lipinski definition) is 9. The number of anilines is 1. The number of carbonyl (C=O) groups excluding carboxylic acids is 2. The molecule has 3 heterocycles. The van der Waals surface area contributed by atoms with Gasteiger partial charge in [0.1, 0.15) is 37.1 Å². The minimum absolute atomic E-state index is 0.0660. The van der Waals surface area contributed by atoms with Crippen molar-refractivity contribution in [2.24, 2.45) is 0 Å². The molecule has 10 heteroatoms. The molecule has 0 bridgehead atoms. The molecule has 0 saturated carbocycles. The summed E-state index contributed by atoms with van der Waals surface area (Å²) in [5.41, 5.74) is 2.47. The SMILES string of the molecule is COc1ccc2nc(N3C(=O)C(=O)C(=C(O)c4ccc5c(c4)OCCO5)[C@@H]3c3cccc(OCc4ccccc4)c3)sc2c1. The summed E-state index contributed by atoms with van der Waals surface area (Å²) >= 11 is 1.26. The maximum atomic E-state index is 13.8. The Kier molecular flexibility index (Phi) is 7.11. The average Bonchev–Trinajstić information content (AvgIpc) is 3.61. The number of amides is 1. The van der Waals surface area contributed by atoms with Crippen LogP contribution in [-0.4, -0.2) is 42.1 Å². The molecule has 2 aliphatic rings. The van der Waals surface area contributed by atoms with Crippen molar-refractivity contribution in [3.05, 3.63) is 113 Å². The van der Waals surface area contributed by atoms with E-state index >= 15 is 0 Å². The van der Waals surface area contributed by atoms with Gasteiger partial charge in [-0.05, 0) is 59.7 Å². The minimum atomic E-state index is -0.981. The van der Waals surface area contributed by atoms with Gasteiger partial charge < -0.3 is 24.1 Å². The summed E-state index contributed by atoms with van der Waals surface area (Å²) < 4.78 is 23.5. The summed E-state index contributed by atoms with van der Waals surface area (Å²) in [6.07, 6.45) is 0. The van der Waals surface area contributed by atoms with Crippen LogP contribution in [0.15, 0.2) is 96.6 Å². The highest BCUT2D eigenvalue weighted by Crippen LogP contribution is 2.46. The number of ether oxygens (including phenoxy) is 4. The first-order valence-electron chi connectivity index (χ1n) is 13.9. The smallest absolute Gasteiger partial charge is 0.301 e. The van der Waals surface area contributed by atoms with Crippen LogP contribution in [0.1, 0.15) is 22.7 Å². The topological polar surface area (TPSA) is 107 Å². The van der Waals surface area contributed by atoms with Gasteiger partial charge >= 0.3 is 5.91 Å². The molecule has 0 radical (unpaired) electrons. The largest absolute Gasteiger partial charge is 0.507 e. The molecule has 1 saturated heterocycles. The quantitative estimate of drug-likeness (QED) is 0.131. The van der Waals surface area contributed by atoms with E-state index in [9.17, 15) is 14.7 Å². The fourth-order valence-electron chi connectivity index (χ4n) is 5.33. The lowest BCUT2D eigenvalue weighted by Crippen LogP contribution is -2.29. The van der Waals surface area contributed by atoms with E-state index < -0.39 is 17.7 Å². The van der Waals surface area contributed by atoms with E-state index in [1.165, 1.54) is 16.2 Å². The number of aliphatic hydroxyl groups excluding tert-OH is 1. The highest BCUT2D eigenvalue weighted by atomic mass is 32.1. The van der Waals surface area contributed by atoms with Crippen LogP contribution >= 0.6 is 11.3 Å². The van der Waals surface area contributed by atoms with Gasteiger partial charge in [0.15, 0.2) is 16.6 Å². The number of aliphatic hydroxyl groups is 1. The Morgan fingerprint density at radius 3 is 2.57 bits per heavy atom. The van der Waals surface area contributed by atoms with Gasteiger partial charge in [-0.15, -0.1) is 0 Å². The number of methoxy groups -OCH3 is 1. The van der Waals surface area contributed by atoms with Gasteiger partial charge in [-0.2, -0.15) is 0 Å². The molecule has 7 rings (SSSR count). The van der Waals surface area contributed by atoms with Gasteiger partial charge in [0.25, 0.3) is 5.78 Å². The van der Waals surface area contributed by atoms with Gasteiger partial charge in [-0.25, -0.2) is 4.98 Å². The molecule has 4 aromatic carbocycles. The Balaban J connectivity index is 1.35. The third-order valence-electron chi connectivity index (χ3n) is 7.47. The number of fused-ring (bicyclic) bond motifs is 2. The van der Waals surface area contributed by atoms with E-state index in [1.807, 2.05) is 42.5 Å². The third kappa shape index (κ3) is 4.99. The molecule has 44 heavy (non-hydrogen) atoms. The number of Topliss-reactive ketones (excluding diaryl/α,β-unsaturated/α-hetero) is 1. The highest BCUT2D eigenvalue weighted by Gasteiger charge is 2.48. The average molecular weight is 607 g/mol.